The molecule has 0 aromatic carbocycles. The van der Waals surface area contributed by atoms with Crippen LogP contribution in [0.5, 0.6) is 0 Å². The minimum absolute atomic E-state index is 0.280. The van der Waals surface area contributed by atoms with Crippen molar-refractivity contribution in [1.29, 1.82) is 0 Å². The molecule has 3 heteroatoms. The Kier molecular flexibility index (Phi) is 8.64. The first-order chi connectivity index (χ1) is 6.68. The highest BCUT2D eigenvalue weighted by molar-refractivity contribution is 14.1. The largest absolute Gasteiger partial charge is 0.392 e. The molecule has 1 atom stereocenters. The summed E-state index contributed by atoms with van der Waals surface area (Å²) in [7, 11) is 0. The second-order valence-corrected chi connectivity index (χ2v) is 4.20. The highest BCUT2D eigenvalue weighted by Crippen LogP contribution is 2.07. The van der Waals surface area contributed by atoms with Gasteiger partial charge in [-0.2, -0.15) is 0 Å². The van der Waals surface area contributed by atoms with E-state index in [1.807, 2.05) is 22.6 Å². The van der Waals surface area contributed by atoms with Crippen LogP contribution in [-0.4, -0.2) is 26.8 Å². The monoisotopic (exact) mass is 310 g/mol. The Balaban J connectivity index is 3.69. The van der Waals surface area contributed by atoms with Crippen LogP contribution in [0.25, 0.3) is 0 Å². The van der Waals surface area contributed by atoms with Gasteiger partial charge in [-0.05, 0) is 6.42 Å². The van der Waals surface area contributed by atoms with Gasteiger partial charge in [0, 0.05) is 10.8 Å². The fourth-order valence-corrected chi connectivity index (χ4v) is 1.41. The zero-order valence-corrected chi connectivity index (χ0v) is 10.9. The van der Waals surface area contributed by atoms with Crippen LogP contribution in [0, 0.1) is 11.8 Å². The summed E-state index contributed by atoms with van der Waals surface area (Å²) >= 11 is 2.03. The predicted molar refractivity (Wildman–Crippen MR) is 67.5 cm³/mol. The average Bonchev–Trinajstić information content (AvgIpc) is 2.23. The standard InChI is InChI=1S/C11H19IO2/c1-2-3-4-5-6-7-8-11(14,9-12)10-13/h13-14H,2-6,9-10H2,1H3/t11-/m1/s1. The molecule has 0 aromatic heterocycles. The third kappa shape index (κ3) is 6.63. The van der Waals surface area contributed by atoms with Gasteiger partial charge >= 0.3 is 0 Å². The third-order valence-electron chi connectivity index (χ3n) is 1.96. The SMILES string of the molecule is CCCCCCC#C[C@](O)(CO)CI. The van der Waals surface area contributed by atoms with Gasteiger partial charge in [-0.15, -0.1) is 5.92 Å². The molecule has 2 nitrogen and oxygen atoms in total. The van der Waals surface area contributed by atoms with E-state index in [-0.39, 0.29) is 6.61 Å². The second kappa shape index (κ2) is 8.51. The molecule has 0 aliphatic heterocycles. The van der Waals surface area contributed by atoms with Crippen molar-refractivity contribution in [2.75, 3.05) is 11.0 Å². The number of aliphatic hydroxyl groups excluding tert-OH is 1. The lowest BCUT2D eigenvalue weighted by molar-refractivity contribution is 0.0582. The molecule has 0 saturated carbocycles. The number of hydrogen-bond donors (Lipinski definition) is 2. The van der Waals surface area contributed by atoms with E-state index in [0.29, 0.717) is 4.43 Å². The van der Waals surface area contributed by atoms with E-state index in [2.05, 4.69) is 18.8 Å². The Bertz CT molecular complexity index is 189. The molecule has 14 heavy (non-hydrogen) atoms. The summed E-state index contributed by atoms with van der Waals surface area (Å²) in [4.78, 5) is 0. The minimum atomic E-state index is -1.19. The second-order valence-electron chi connectivity index (χ2n) is 3.44. The molecule has 0 aliphatic rings. The van der Waals surface area contributed by atoms with Crippen LogP contribution in [-0.2, 0) is 0 Å². The van der Waals surface area contributed by atoms with Crippen molar-refractivity contribution in [3.8, 4) is 11.8 Å². The van der Waals surface area contributed by atoms with E-state index in [9.17, 15) is 5.11 Å². The quantitative estimate of drug-likeness (QED) is 0.341. The summed E-state index contributed by atoms with van der Waals surface area (Å²) in [6.45, 7) is 1.89. The maximum atomic E-state index is 9.60. The summed E-state index contributed by atoms with van der Waals surface area (Å²) in [5.74, 6) is 5.64. The van der Waals surface area contributed by atoms with Crippen LogP contribution >= 0.6 is 22.6 Å². The van der Waals surface area contributed by atoms with Crippen molar-refractivity contribution in [2.24, 2.45) is 0 Å². The third-order valence-corrected chi connectivity index (χ3v) is 3.22. The Morgan fingerprint density at radius 2 is 2.00 bits per heavy atom. The van der Waals surface area contributed by atoms with E-state index in [1.54, 1.807) is 0 Å². The smallest absolute Gasteiger partial charge is 0.157 e. The van der Waals surface area contributed by atoms with Crippen molar-refractivity contribution in [1.82, 2.24) is 0 Å². The lowest BCUT2D eigenvalue weighted by Crippen LogP contribution is -2.33. The van der Waals surface area contributed by atoms with E-state index < -0.39 is 5.60 Å². The molecule has 0 amide bonds. The lowest BCUT2D eigenvalue weighted by atomic mass is 10.1. The number of aliphatic hydroxyl groups is 2. The van der Waals surface area contributed by atoms with Crippen LogP contribution in [0.15, 0.2) is 0 Å². The van der Waals surface area contributed by atoms with Crippen molar-refractivity contribution in [3.05, 3.63) is 0 Å². The molecule has 0 spiro atoms. The summed E-state index contributed by atoms with van der Waals surface area (Å²) in [5.41, 5.74) is -1.19. The predicted octanol–water partition coefficient (Wildman–Crippen LogP) is 2.12. The van der Waals surface area contributed by atoms with Crippen molar-refractivity contribution in [2.45, 2.75) is 44.6 Å². The lowest BCUT2D eigenvalue weighted by Gasteiger charge is -2.14. The summed E-state index contributed by atoms with van der Waals surface area (Å²) < 4.78 is 0.448. The molecule has 0 unspecified atom stereocenters. The molecule has 0 fully saturated rings. The van der Waals surface area contributed by atoms with E-state index >= 15 is 0 Å². The Morgan fingerprint density at radius 3 is 2.50 bits per heavy atom. The molecule has 0 aliphatic carbocycles. The molecule has 0 rings (SSSR count). The number of halogens is 1. The fraction of sp³-hybridized carbons (Fsp3) is 0.818. The first-order valence-corrected chi connectivity index (χ1v) is 6.60. The Hall–Kier alpha value is 0.210. The van der Waals surface area contributed by atoms with Crippen LogP contribution in [0.1, 0.15) is 39.0 Å². The minimum Gasteiger partial charge on any atom is -0.392 e. The van der Waals surface area contributed by atoms with Gasteiger partial charge in [-0.1, -0.05) is 54.7 Å². The van der Waals surface area contributed by atoms with Gasteiger partial charge in [0.15, 0.2) is 5.60 Å². The molecular formula is C11H19IO2. The normalized spacial score (nSPS) is 14.3. The van der Waals surface area contributed by atoms with Crippen molar-refractivity contribution < 1.29 is 10.2 Å². The molecular weight excluding hydrogens is 291 g/mol. The maximum Gasteiger partial charge on any atom is 0.157 e. The van der Waals surface area contributed by atoms with E-state index in [4.69, 9.17) is 5.11 Å². The van der Waals surface area contributed by atoms with Crippen LogP contribution < -0.4 is 0 Å². The topological polar surface area (TPSA) is 40.5 Å². The molecule has 0 saturated heterocycles. The molecule has 82 valence electrons. The average molecular weight is 310 g/mol. The Morgan fingerprint density at radius 1 is 1.29 bits per heavy atom. The van der Waals surface area contributed by atoms with Gasteiger partial charge in [0.1, 0.15) is 0 Å². The summed E-state index contributed by atoms with van der Waals surface area (Å²) in [6, 6.07) is 0. The highest BCUT2D eigenvalue weighted by Gasteiger charge is 2.20. The number of rotatable bonds is 6. The molecule has 0 aromatic rings. The van der Waals surface area contributed by atoms with Crippen molar-refractivity contribution in [3.63, 3.8) is 0 Å². The van der Waals surface area contributed by atoms with Crippen molar-refractivity contribution >= 4 is 22.6 Å². The molecule has 0 radical (unpaired) electrons. The zero-order chi connectivity index (χ0) is 10.9. The first-order valence-electron chi connectivity index (χ1n) is 5.07. The summed E-state index contributed by atoms with van der Waals surface area (Å²) in [5, 5.41) is 18.5. The van der Waals surface area contributed by atoms with Crippen LogP contribution in [0.2, 0.25) is 0 Å². The number of unbranched alkanes of at least 4 members (excludes halogenated alkanes) is 4. The highest BCUT2D eigenvalue weighted by atomic mass is 127. The number of hydrogen-bond acceptors (Lipinski definition) is 2. The van der Waals surface area contributed by atoms with Gasteiger partial charge in [-0.25, -0.2) is 0 Å². The van der Waals surface area contributed by atoms with Gasteiger partial charge in [0.25, 0.3) is 0 Å². The first kappa shape index (κ1) is 14.2. The van der Waals surface area contributed by atoms with Crippen LogP contribution in [0.4, 0.5) is 0 Å². The molecule has 0 heterocycles. The fourth-order valence-electron chi connectivity index (χ4n) is 0.982. The van der Waals surface area contributed by atoms with Crippen LogP contribution in [0.3, 0.4) is 0 Å². The van der Waals surface area contributed by atoms with Gasteiger partial charge in [0.05, 0.1) is 6.61 Å². The maximum absolute atomic E-state index is 9.60. The van der Waals surface area contributed by atoms with Gasteiger partial charge in [-0.3, -0.25) is 0 Å². The molecule has 2 N–H and O–H groups in total. The summed E-state index contributed by atoms with van der Waals surface area (Å²) in [6.07, 6.45) is 5.58. The van der Waals surface area contributed by atoms with E-state index in [0.717, 1.165) is 12.8 Å². The Labute approximate surface area is 100 Å². The zero-order valence-electron chi connectivity index (χ0n) is 8.72. The van der Waals surface area contributed by atoms with Gasteiger partial charge in [0.2, 0.25) is 0 Å². The number of alkyl halides is 1. The molecule has 0 bridgehead atoms. The van der Waals surface area contributed by atoms with E-state index in [1.165, 1.54) is 19.3 Å². The van der Waals surface area contributed by atoms with Gasteiger partial charge < -0.3 is 10.2 Å².